The molecule has 1 atom stereocenters. The smallest absolute Gasteiger partial charge is 0.338 e. The molecule has 0 fully saturated rings. The van der Waals surface area contributed by atoms with Crippen molar-refractivity contribution in [1.29, 1.82) is 0 Å². The number of esters is 1. The zero-order valence-corrected chi connectivity index (χ0v) is 18.2. The monoisotopic (exact) mass is 416 g/mol. The van der Waals surface area contributed by atoms with Gasteiger partial charge >= 0.3 is 18.0 Å². The maximum absolute atomic E-state index is 12.7. The van der Waals surface area contributed by atoms with Gasteiger partial charge in [0.1, 0.15) is 0 Å². The molecular formula is C22H32N4O4. The number of ether oxygens (including phenoxy) is 1. The van der Waals surface area contributed by atoms with Gasteiger partial charge in [-0.2, -0.15) is 0 Å². The number of hydrogen-bond donors (Lipinski definition) is 3. The van der Waals surface area contributed by atoms with Crippen molar-refractivity contribution in [1.82, 2.24) is 15.5 Å². The molecule has 8 nitrogen and oxygen atoms in total. The molecule has 1 aliphatic rings. The molecule has 0 saturated heterocycles. The average Bonchev–Trinajstić information content (AvgIpc) is 2.71. The van der Waals surface area contributed by atoms with E-state index in [0.29, 0.717) is 35.6 Å². The number of nitrogens with one attached hydrogen (secondary N) is 3. The van der Waals surface area contributed by atoms with Crippen LogP contribution < -0.4 is 16.0 Å². The summed E-state index contributed by atoms with van der Waals surface area (Å²) in [4.78, 5) is 39.0. The van der Waals surface area contributed by atoms with Gasteiger partial charge in [-0.05, 0) is 44.4 Å². The molecule has 0 radical (unpaired) electrons. The highest BCUT2D eigenvalue weighted by atomic mass is 16.5. The summed E-state index contributed by atoms with van der Waals surface area (Å²) in [6, 6.07) is 5.90. The van der Waals surface area contributed by atoms with E-state index in [1.807, 2.05) is 13.0 Å². The van der Waals surface area contributed by atoms with Crippen molar-refractivity contribution in [3.63, 3.8) is 0 Å². The number of carbonyl (C=O) groups is 3. The Labute approximate surface area is 178 Å². The Morgan fingerprint density at radius 1 is 1.20 bits per heavy atom. The van der Waals surface area contributed by atoms with Crippen LogP contribution in [-0.2, 0) is 9.53 Å². The van der Waals surface area contributed by atoms with Crippen molar-refractivity contribution in [2.24, 2.45) is 0 Å². The highest BCUT2D eigenvalue weighted by Crippen LogP contribution is 2.32. The van der Waals surface area contributed by atoms with E-state index in [1.54, 1.807) is 36.9 Å². The minimum Gasteiger partial charge on any atom is -0.463 e. The molecule has 1 aliphatic heterocycles. The third kappa shape index (κ3) is 5.75. The maximum atomic E-state index is 12.7. The first-order valence-corrected chi connectivity index (χ1v) is 10.5. The molecule has 1 heterocycles. The van der Waals surface area contributed by atoms with E-state index >= 15 is 0 Å². The fourth-order valence-electron chi connectivity index (χ4n) is 3.35. The fourth-order valence-corrected chi connectivity index (χ4v) is 3.35. The SMILES string of the molecule is CCCCNC(=O)Nc1cccc(C2NC(=O)N(CCC)C(C)=C2C(=O)OCC)c1. The number of benzene rings is 1. The summed E-state index contributed by atoms with van der Waals surface area (Å²) in [5.74, 6) is -0.461. The predicted molar refractivity (Wildman–Crippen MR) is 116 cm³/mol. The lowest BCUT2D eigenvalue weighted by Gasteiger charge is -2.35. The molecule has 164 valence electrons. The molecule has 4 amide bonds. The number of unbranched alkanes of at least 4 members (excludes halogenated alkanes) is 1. The van der Waals surface area contributed by atoms with Gasteiger partial charge in [0.25, 0.3) is 0 Å². The number of hydrogen-bond acceptors (Lipinski definition) is 4. The molecule has 0 aliphatic carbocycles. The van der Waals surface area contributed by atoms with Gasteiger partial charge in [-0.25, -0.2) is 14.4 Å². The van der Waals surface area contributed by atoms with E-state index in [2.05, 4.69) is 22.9 Å². The Balaban J connectivity index is 2.32. The van der Waals surface area contributed by atoms with Crippen LogP contribution in [0.5, 0.6) is 0 Å². The van der Waals surface area contributed by atoms with Crippen LogP contribution in [0.2, 0.25) is 0 Å². The van der Waals surface area contributed by atoms with Gasteiger partial charge in [-0.3, -0.25) is 4.90 Å². The lowest BCUT2D eigenvalue weighted by molar-refractivity contribution is -0.139. The Bertz CT molecular complexity index is 806. The first-order chi connectivity index (χ1) is 14.4. The second-order valence-electron chi connectivity index (χ2n) is 7.11. The second-order valence-corrected chi connectivity index (χ2v) is 7.11. The quantitative estimate of drug-likeness (QED) is 0.420. The van der Waals surface area contributed by atoms with Crippen LogP contribution >= 0.6 is 0 Å². The molecule has 1 unspecified atom stereocenters. The largest absolute Gasteiger partial charge is 0.463 e. The van der Waals surface area contributed by atoms with E-state index in [4.69, 9.17) is 4.74 Å². The van der Waals surface area contributed by atoms with Gasteiger partial charge in [-0.15, -0.1) is 0 Å². The summed E-state index contributed by atoms with van der Waals surface area (Å²) < 4.78 is 5.26. The van der Waals surface area contributed by atoms with Crippen molar-refractivity contribution in [2.75, 3.05) is 25.0 Å². The normalized spacial score (nSPS) is 16.2. The predicted octanol–water partition coefficient (Wildman–Crippen LogP) is 3.92. The summed E-state index contributed by atoms with van der Waals surface area (Å²) >= 11 is 0. The second kappa shape index (κ2) is 11.2. The van der Waals surface area contributed by atoms with Crippen molar-refractivity contribution >= 4 is 23.7 Å². The molecule has 0 spiro atoms. The first kappa shape index (κ1) is 23.3. The standard InChI is InChI=1S/C22H32N4O4/c1-5-8-12-23-21(28)24-17-11-9-10-16(14-17)19-18(20(27)30-7-3)15(4)26(13-6-2)22(29)25-19/h9-11,14,19H,5-8,12-13H2,1-4H3,(H,25,29)(H2,23,24,28). The van der Waals surface area contributed by atoms with Crippen molar-refractivity contribution in [3.8, 4) is 0 Å². The van der Waals surface area contributed by atoms with Crippen LogP contribution in [0.25, 0.3) is 0 Å². The summed E-state index contributed by atoms with van der Waals surface area (Å²) in [5, 5.41) is 8.50. The Morgan fingerprint density at radius 2 is 1.97 bits per heavy atom. The average molecular weight is 417 g/mol. The minimum absolute atomic E-state index is 0.240. The zero-order chi connectivity index (χ0) is 22.1. The zero-order valence-electron chi connectivity index (χ0n) is 18.2. The van der Waals surface area contributed by atoms with E-state index in [-0.39, 0.29) is 18.7 Å². The van der Waals surface area contributed by atoms with Gasteiger partial charge in [0.15, 0.2) is 0 Å². The van der Waals surface area contributed by atoms with E-state index < -0.39 is 12.0 Å². The number of urea groups is 2. The molecule has 8 heteroatoms. The molecule has 0 saturated carbocycles. The Morgan fingerprint density at radius 3 is 2.63 bits per heavy atom. The summed E-state index contributed by atoms with van der Waals surface area (Å²) in [6.07, 6.45) is 2.66. The lowest BCUT2D eigenvalue weighted by Crippen LogP contribution is -2.48. The first-order valence-electron chi connectivity index (χ1n) is 10.5. The summed E-state index contributed by atoms with van der Waals surface area (Å²) in [5.41, 5.74) is 2.25. The number of nitrogens with zero attached hydrogens (tertiary/aromatic N) is 1. The van der Waals surface area contributed by atoms with Gasteiger partial charge < -0.3 is 20.7 Å². The van der Waals surface area contributed by atoms with Crippen LogP contribution in [0.1, 0.15) is 58.6 Å². The van der Waals surface area contributed by atoms with Gasteiger partial charge in [-0.1, -0.05) is 32.4 Å². The molecule has 1 aromatic carbocycles. The summed E-state index contributed by atoms with van der Waals surface area (Å²) in [7, 11) is 0. The number of allylic oxidation sites excluding steroid dienone is 1. The van der Waals surface area contributed by atoms with Crippen molar-refractivity contribution in [2.45, 2.75) is 53.0 Å². The molecular weight excluding hydrogens is 384 g/mol. The van der Waals surface area contributed by atoms with Gasteiger partial charge in [0.05, 0.1) is 18.2 Å². The topological polar surface area (TPSA) is 99.8 Å². The number of anilines is 1. The minimum atomic E-state index is -0.658. The molecule has 1 aromatic rings. The van der Waals surface area contributed by atoms with E-state index in [1.165, 1.54) is 0 Å². The Hall–Kier alpha value is -3.03. The fraction of sp³-hybridized carbons (Fsp3) is 0.500. The van der Waals surface area contributed by atoms with Gasteiger partial charge in [0, 0.05) is 24.5 Å². The summed E-state index contributed by atoms with van der Waals surface area (Å²) in [6.45, 7) is 8.88. The highest BCUT2D eigenvalue weighted by Gasteiger charge is 2.36. The van der Waals surface area contributed by atoms with E-state index in [9.17, 15) is 14.4 Å². The molecule has 2 rings (SSSR count). The highest BCUT2D eigenvalue weighted by molar-refractivity contribution is 5.95. The number of carbonyl (C=O) groups excluding carboxylic acids is 3. The van der Waals surface area contributed by atoms with Crippen LogP contribution in [0.3, 0.4) is 0 Å². The number of amides is 4. The third-order valence-corrected chi connectivity index (χ3v) is 4.83. The van der Waals surface area contributed by atoms with Gasteiger partial charge in [0.2, 0.25) is 0 Å². The van der Waals surface area contributed by atoms with Crippen molar-refractivity contribution in [3.05, 3.63) is 41.1 Å². The van der Waals surface area contributed by atoms with Crippen LogP contribution in [0.15, 0.2) is 35.5 Å². The molecule has 30 heavy (non-hydrogen) atoms. The van der Waals surface area contributed by atoms with Crippen LogP contribution in [0.4, 0.5) is 15.3 Å². The third-order valence-electron chi connectivity index (χ3n) is 4.83. The van der Waals surface area contributed by atoms with E-state index in [0.717, 1.165) is 19.3 Å². The van der Waals surface area contributed by atoms with Crippen LogP contribution in [0, 0.1) is 0 Å². The Kier molecular flexibility index (Phi) is 8.70. The lowest BCUT2D eigenvalue weighted by atomic mass is 9.94. The maximum Gasteiger partial charge on any atom is 0.338 e. The molecule has 3 N–H and O–H groups in total. The van der Waals surface area contributed by atoms with Crippen molar-refractivity contribution < 1.29 is 19.1 Å². The molecule has 0 bridgehead atoms. The molecule has 0 aromatic heterocycles. The van der Waals surface area contributed by atoms with Crippen LogP contribution in [-0.4, -0.2) is 42.6 Å². The number of rotatable bonds is 9.